The molecule has 1 heterocycles. The Morgan fingerprint density at radius 1 is 1.28 bits per heavy atom. The minimum Gasteiger partial charge on any atom is -0.396 e. The van der Waals surface area contributed by atoms with Gasteiger partial charge in [-0.3, -0.25) is 0 Å². The van der Waals surface area contributed by atoms with E-state index >= 15 is 0 Å². The number of anilines is 1. The lowest BCUT2D eigenvalue weighted by Crippen LogP contribution is -2.37. The van der Waals surface area contributed by atoms with E-state index in [1.807, 2.05) is 30.3 Å². The third-order valence-electron chi connectivity index (χ3n) is 3.52. The van der Waals surface area contributed by atoms with Gasteiger partial charge in [0.05, 0.1) is 5.52 Å². The number of nitrogens with one attached hydrogen (secondary N) is 1. The molecule has 3 rings (SSSR count). The van der Waals surface area contributed by atoms with Crippen LogP contribution in [0.25, 0.3) is 10.9 Å². The monoisotopic (exact) mass is 262 g/mol. The minimum absolute atomic E-state index is 0.291. The van der Waals surface area contributed by atoms with E-state index in [0.29, 0.717) is 18.6 Å². The summed E-state index contributed by atoms with van der Waals surface area (Å²) in [6.07, 6.45) is 2.04. The third-order valence-corrected chi connectivity index (χ3v) is 3.85. The van der Waals surface area contributed by atoms with Gasteiger partial charge in [-0.25, -0.2) is 4.98 Å². The second-order valence-electron chi connectivity index (χ2n) is 4.86. The quantitative estimate of drug-likeness (QED) is 0.894. The highest BCUT2D eigenvalue weighted by atomic mass is 35.5. The number of aliphatic hydroxyl groups is 1. The highest BCUT2D eigenvalue weighted by Crippen LogP contribution is 2.30. The Labute approximate surface area is 111 Å². The summed E-state index contributed by atoms with van der Waals surface area (Å²) in [5, 5.41) is 14.1. The zero-order valence-electron chi connectivity index (χ0n) is 9.94. The molecule has 1 aliphatic rings. The summed E-state index contributed by atoms with van der Waals surface area (Å²) in [4.78, 5) is 4.55. The van der Waals surface area contributed by atoms with Crippen LogP contribution in [0.2, 0.25) is 5.02 Å². The van der Waals surface area contributed by atoms with Crippen LogP contribution in [0.15, 0.2) is 30.3 Å². The van der Waals surface area contributed by atoms with E-state index in [1.54, 1.807) is 0 Å². The molecule has 0 spiro atoms. The molecule has 2 N–H and O–H groups in total. The van der Waals surface area contributed by atoms with Gasteiger partial charge in [-0.1, -0.05) is 17.7 Å². The first kappa shape index (κ1) is 11.8. The Morgan fingerprint density at radius 3 is 2.89 bits per heavy atom. The van der Waals surface area contributed by atoms with Gasteiger partial charge in [-0.2, -0.15) is 0 Å². The molecule has 1 aliphatic carbocycles. The number of fused-ring (bicyclic) bond motifs is 1. The normalized spacial score (nSPS) is 22.8. The summed E-state index contributed by atoms with van der Waals surface area (Å²) in [5.74, 6) is 1.34. The molecule has 0 atom stereocenters. The number of pyridine rings is 1. The molecule has 0 unspecified atom stereocenters. The van der Waals surface area contributed by atoms with Crippen molar-refractivity contribution < 1.29 is 5.11 Å². The van der Waals surface area contributed by atoms with Gasteiger partial charge in [0, 0.05) is 23.1 Å². The third kappa shape index (κ3) is 2.16. The molecular formula is C14H15ClN2O. The molecule has 1 aromatic carbocycles. The average molecular weight is 263 g/mol. The van der Waals surface area contributed by atoms with Crippen molar-refractivity contribution in [1.82, 2.24) is 4.98 Å². The van der Waals surface area contributed by atoms with Crippen LogP contribution in [0.4, 0.5) is 5.82 Å². The van der Waals surface area contributed by atoms with Crippen LogP contribution in [-0.2, 0) is 0 Å². The molecular weight excluding hydrogens is 248 g/mol. The van der Waals surface area contributed by atoms with Gasteiger partial charge in [0.2, 0.25) is 0 Å². The van der Waals surface area contributed by atoms with Gasteiger partial charge < -0.3 is 10.4 Å². The largest absolute Gasteiger partial charge is 0.396 e. The second kappa shape index (κ2) is 4.75. The number of benzene rings is 1. The molecule has 0 amide bonds. The fourth-order valence-corrected chi connectivity index (χ4v) is 2.64. The second-order valence-corrected chi connectivity index (χ2v) is 5.27. The van der Waals surface area contributed by atoms with E-state index in [9.17, 15) is 0 Å². The summed E-state index contributed by atoms with van der Waals surface area (Å²) >= 11 is 6.10. The first-order valence-electron chi connectivity index (χ1n) is 6.19. The van der Waals surface area contributed by atoms with Gasteiger partial charge in [-0.05, 0) is 43.0 Å². The lowest BCUT2D eigenvalue weighted by Gasteiger charge is -2.34. The number of hydrogen-bond acceptors (Lipinski definition) is 3. The fraction of sp³-hybridized carbons (Fsp3) is 0.357. The Hall–Kier alpha value is -1.32. The minimum atomic E-state index is 0.291. The Morgan fingerprint density at radius 2 is 2.11 bits per heavy atom. The van der Waals surface area contributed by atoms with Crippen molar-refractivity contribution in [3.8, 4) is 0 Å². The molecule has 0 aliphatic heterocycles. The standard InChI is InChI=1S/C14H15ClN2O/c15-12-2-1-3-13-11(12)4-5-14(17-13)16-10-6-9(7-10)8-18/h1-5,9-10,18H,6-8H2,(H,16,17). The number of hydrogen-bond donors (Lipinski definition) is 2. The van der Waals surface area contributed by atoms with Crippen LogP contribution < -0.4 is 5.32 Å². The maximum Gasteiger partial charge on any atom is 0.126 e. The van der Waals surface area contributed by atoms with Crippen molar-refractivity contribution in [3.05, 3.63) is 35.4 Å². The van der Waals surface area contributed by atoms with Gasteiger partial charge in [0.25, 0.3) is 0 Å². The molecule has 1 aromatic heterocycles. The number of halogens is 1. The first-order chi connectivity index (χ1) is 8.76. The van der Waals surface area contributed by atoms with Gasteiger partial charge >= 0.3 is 0 Å². The van der Waals surface area contributed by atoms with Crippen molar-refractivity contribution in [2.45, 2.75) is 18.9 Å². The van der Waals surface area contributed by atoms with Crippen LogP contribution in [0.5, 0.6) is 0 Å². The molecule has 0 bridgehead atoms. The molecule has 94 valence electrons. The lowest BCUT2D eigenvalue weighted by molar-refractivity contribution is 0.151. The molecule has 1 saturated carbocycles. The number of rotatable bonds is 3. The molecule has 0 radical (unpaired) electrons. The maximum atomic E-state index is 8.98. The SMILES string of the molecule is OCC1CC(Nc2ccc3c(Cl)cccc3n2)C1. The van der Waals surface area contributed by atoms with Crippen molar-refractivity contribution in [2.75, 3.05) is 11.9 Å². The smallest absolute Gasteiger partial charge is 0.126 e. The summed E-state index contributed by atoms with van der Waals surface area (Å²) in [7, 11) is 0. The molecule has 18 heavy (non-hydrogen) atoms. The zero-order chi connectivity index (χ0) is 12.5. The van der Waals surface area contributed by atoms with Crippen LogP contribution in [0.3, 0.4) is 0 Å². The summed E-state index contributed by atoms with van der Waals surface area (Å²) in [6.45, 7) is 0.291. The predicted molar refractivity (Wildman–Crippen MR) is 74.0 cm³/mol. The molecule has 2 aromatic rings. The van der Waals surface area contributed by atoms with Crippen molar-refractivity contribution in [1.29, 1.82) is 0 Å². The van der Waals surface area contributed by atoms with Crippen molar-refractivity contribution in [2.24, 2.45) is 5.92 Å². The zero-order valence-corrected chi connectivity index (χ0v) is 10.7. The fourth-order valence-electron chi connectivity index (χ4n) is 2.41. The number of nitrogens with zero attached hydrogens (tertiary/aromatic N) is 1. The van der Waals surface area contributed by atoms with E-state index < -0.39 is 0 Å². The Kier molecular flexibility index (Phi) is 3.10. The molecule has 3 nitrogen and oxygen atoms in total. The molecule has 1 fully saturated rings. The summed E-state index contributed by atoms with van der Waals surface area (Å²) < 4.78 is 0. The highest BCUT2D eigenvalue weighted by Gasteiger charge is 2.28. The van der Waals surface area contributed by atoms with Gasteiger partial charge in [-0.15, -0.1) is 0 Å². The van der Waals surface area contributed by atoms with Crippen LogP contribution in [0, 0.1) is 5.92 Å². The van der Waals surface area contributed by atoms with Crippen molar-refractivity contribution >= 4 is 28.3 Å². The molecule has 0 saturated heterocycles. The van der Waals surface area contributed by atoms with Crippen LogP contribution >= 0.6 is 11.6 Å². The van der Waals surface area contributed by atoms with E-state index in [-0.39, 0.29) is 0 Å². The summed E-state index contributed by atoms with van der Waals surface area (Å²) in [6, 6.07) is 10.1. The van der Waals surface area contributed by atoms with Gasteiger partial charge in [0.15, 0.2) is 0 Å². The maximum absolute atomic E-state index is 8.98. The van der Waals surface area contributed by atoms with Crippen LogP contribution in [0.1, 0.15) is 12.8 Å². The highest BCUT2D eigenvalue weighted by molar-refractivity contribution is 6.35. The number of aliphatic hydroxyl groups excluding tert-OH is 1. The Balaban J connectivity index is 1.78. The van der Waals surface area contributed by atoms with Gasteiger partial charge in [0.1, 0.15) is 5.82 Å². The van der Waals surface area contributed by atoms with Crippen molar-refractivity contribution in [3.63, 3.8) is 0 Å². The summed E-state index contributed by atoms with van der Waals surface area (Å²) in [5.41, 5.74) is 0.908. The van der Waals surface area contributed by atoms with E-state index in [0.717, 1.165) is 34.6 Å². The van der Waals surface area contributed by atoms with E-state index in [2.05, 4.69) is 10.3 Å². The number of aromatic nitrogens is 1. The predicted octanol–water partition coefficient (Wildman–Crippen LogP) is 3.07. The first-order valence-corrected chi connectivity index (χ1v) is 6.57. The van der Waals surface area contributed by atoms with E-state index in [4.69, 9.17) is 16.7 Å². The topological polar surface area (TPSA) is 45.1 Å². The molecule has 4 heteroatoms. The van der Waals surface area contributed by atoms with E-state index in [1.165, 1.54) is 0 Å². The average Bonchev–Trinajstić information content (AvgIpc) is 2.33. The Bertz CT molecular complexity index is 567. The van der Waals surface area contributed by atoms with Crippen LogP contribution in [-0.4, -0.2) is 22.7 Å². The lowest BCUT2D eigenvalue weighted by atomic mass is 9.81.